The summed E-state index contributed by atoms with van der Waals surface area (Å²) in [5.74, 6) is 1.39. The number of rotatable bonds is 3. The first-order valence-electron chi connectivity index (χ1n) is 8.95. The van der Waals surface area contributed by atoms with Gasteiger partial charge in [-0.25, -0.2) is 14.8 Å². The highest BCUT2D eigenvalue weighted by Gasteiger charge is 2.16. The van der Waals surface area contributed by atoms with Crippen molar-refractivity contribution in [3.05, 3.63) is 42.6 Å². The molecule has 0 saturated carbocycles. The van der Waals surface area contributed by atoms with Crippen molar-refractivity contribution in [3.8, 4) is 22.8 Å². The summed E-state index contributed by atoms with van der Waals surface area (Å²) in [5, 5.41) is 6.47. The van der Waals surface area contributed by atoms with Crippen LogP contribution in [-0.4, -0.2) is 35.8 Å². The molecule has 3 heterocycles. The van der Waals surface area contributed by atoms with Crippen LogP contribution in [0.4, 0.5) is 10.5 Å². The van der Waals surface area contributed by atoms with Gasteiger partial charge in [0.25, 0.3) is 0 Å². The maximum Gasteiger partial charge on any atom is 0.319 e. The topological polar surface area (TPSA) is 85.4 Å². The number of pyridine rings is 2. The van der Waals surface area contributed by atoms with Crippen molar-refractivity contribution in [2.45, 2.75) is 13.3 Å². The molecule has 0 fully saturated rings. The van der Waals surface area contributed by atoms with Gasteiger partial charge in [0, 0.05) is 30.1 Å². The molecular formula is C20H20N4O3. The van der Waals surface area contributed by atoms with Crippen LogP contribution in [0, 0.1) is 0 Å². The monoisotopic (exact) mass is 364 g/mol. The molecule has 7 nitrogen and oxygen atoms in total. The first kappa shape index (κ1) is 17.1. The summed E-state index contributed by atoms with van der Waals surface area (Å²) in [4.78, 5) is 21.1. The zero-order valence-corrected chi connectivity index (χ0v) is 15.0. The number of amides is 2. The number of carbonyl (C=O) groups excluding carboxylic acids is 1. The molecular weight excluding hydrogens is 344 g/mol. The zero-order chi connectivity index (χ0) is 18.6. The van der Waals surface area contributed by atoms with Crippen LogP contribution in [0.15, 0.2) is 42.6 Å². The number of hydrogen-bond acceptors (Lipinski definition) is 5. The predicted octanol–water partition coefficient (Wildman–Crippen LogP) is 3.60. The lowest BCUT2D eigenvalue weighted by molar-refractivity contribution is 0.252. The molecule has 2 N–H and O–H groups in total. The van der Waals surface area contributed by atoms with E-state index in [0.29, 0.717) is 48.3 Å². The highest BCUT2D eigenvalue weighted by Crippen LogP contribution is 2.36. The predicted molar refractivity (Wildman–Crippen MR) is 103 cm³/mol. The maximum absolute atomic E-state index is 12.1. The molecule has 0 spiro atoms. The first-order valence-corrected chi connectivity index (χ1v) is 8.95. The van der Waals surface area contributed by atoms with Gasteiger partial charge in [0.2, 0.25) is 0 Å². The van der Waals surface area contributed by atoms with Gasteiger partial charge >= 0.3 is 6.03 Å². The number of aromatic nitrogens is 2. The third-order valence-electron chi connectivity index (χ3n) is 4.20. The number of ether oxygens (including phenoxy) is 2. The van der Waals surface area contributed by atoms with E-state index >= 15 is 0 Å². The van der Waals surface area contributed by atoms with E-state index in [0.717, 1.165) is 17.4 Å². The van der Waals surface area contributed by atoms with Crippen LogP contribution in [0.5, 0.6) is 11.5 Å². The molecule has 0 atom stereocenters. The molecule has 4 rings (SSSR count). The molecule has 27 heavy (non-hydrogen) atoms. The maximum atomic E-state index is 12.1. The van der Waals surface area contributed by atoms with Gasteiger partial charge < -0.3 is 20.1 Å². The van der Waals surface area contributed by atoms with Gasteiger partial charge in [-0.3, -0.25) is 0 Å². The summed E-state index contributed by atoms with van der Waals surface area (Å²) in [6.45, 7) is 3.64. The van der Waals surface area contributed by atoms with Crippen LogP contribution in [0.3, 0.4) is 0 Å². The largest absolute Gasteiger partial charge is 0.490 e. The lowest BCUT2D eigenvalue weighted by Gasteiger charge is -2.14. The van der Waals surface area contributed by atoms with Crippen LogP contribution in [0.1, 0.15) is 13.3 Å². The van der Waals surface area contributed by atoms with E-state index in [4.69, 9.17) is 9.47 Å². The number of carbonyl (C=O) groups is 1. The quantitative estimate of drug-likeness (QED) is 0.742. The Bertz CT molecular complexity index is 990. The Labute approximate surface area is 156 Å². The number of benzene rings is 1. The second kappa shape index (κ2) is 7.49. The third-order valence-corrected chi connectivity index (χ3v) is 4.20. The van der Waals surface area contributed by atoms with Crippen molar-refractivity contribution in [2.24, 2.45) is 0 Å². The average molecular weight is 364 g/mol. The number of anilines is 1. The van der Waals surface area contributed by atoms with E-state index in [1.54, 1.807) is 6.20 Å². The summed E-state index contributed by atoms with van der Waals surface area (Å²) in [6, 6.07) is 11.0. The van der Waals surface area contributed by atoms with E-state index in [1.807, 2.05) is 43.3 Å². The van der Waals surface area contributed by atoms with Crippen molar-refractivity contribution in [2.75, 3.05) is 25.1 Å². The second-order valence-corrected chi connectivity index (χ2v) is 6.13. The SMILES string of the molecule is CCNC(=O)Nc1cc2cccnc2nc1-c1ccc2c(c1)OCCCO2. The number of fused-ring (bicyclic) bond motifs is 2. The molecule has 1 aromatic carbocycles. The number of urea groups is 1. The highest BCUT2D eigenvalue weighted by atomic mass is 16.5. The van der Waals surface area contributed by atoms with Crippen molar-refractivity contribution in [3.63, 3.8) is 0 Å². The molecule has 1 aliphatic heterocycles. The summed E-state index contributed by atoms with van der Waals surface area (Å²) in [6.07, 6.45) is 2.54. The van der Waals surface area contributed by atoms with Gasteiger partial charge in [-0.05, 0) is 43.3 Å². The van der Waals surface area contributed by atoms with Crippen molar-refractivity contribution in [1.82, 2.24) is 15.3 Å². The molecule has 0 bridgehead atoms. The minimum Gasteiger partial charge on any atom is -0.490 e. The minimum absolute atomic E-state index is 0.280. The number of hydrogen-bond donors (Lipinski definition) is 2. The van der Waals surface area contributed by atoms with Gasteiger partial charge in [0.05, 0.1) is 24.6 Å². The van der Waals surface area contributed by atoms with E-state index in [1.165, 1.54) is 0 Å². The Balaban J connectivity index is 1.81. The van der Waals surface area contributed by atoms with E-state index in [2.05, 4.69) is 20.6 Å². The number of nitrogens with one attached hydrogen (secondary N) is 2. The van der Waals surface area contributed by atoms with Crippen LogP contribution in [-0.2, 0) is 0 Å². The lowest BCUT2D eigenvalue weighted by atomic mass is 10.1. The van der Waals surface area contributed by atoms with Crippen molar-refractivity contribution in [1.29, 1.82) is 0 Å². The third kappa shape index (κ3) is 3.62. The molecule has 3 aromatic rings. The minimum atomic E-state index is -0.280. The normalized spacial score (nSPS) is 13.1. The number of nitrogens with zero attached hydrogens (tertiary/aromatic N) is 2. The molecule has 7 heteroatoms. The summed E-state index contributed by atoms with van der Waals surface area (Å²) < 4.78 is 11.5. The second-order valence-electron chi connectivity index (χ2n) is 6.13. The Morgan fingerprint density at radius 3 is 2.85 bits per heavy atom. The van der Waals surface area contributed by atoms with Crippen LogP contribution in [0.25, 0.3) is 22.3 Å². The Morgan fingerprint density at radius 2 is 2.00 bits per heavy atom. The van der Waals surface area contributed by atoms with E-state index < -0.39 is 0 Å². The Hall–Kier alpha value is -3.35. The summed E-state index contributed by atoms with van der Waals surface area (Å²) in [5.41, 5.74) is 2.67. The summed E-state index contributed by atoms with van der Waals surface area (Å²) in [7, 11) is 0. The van der Waals surface area contributed by atoms with Crippen molar-refractivity contribution >= 4 is 22.8 Å². The lowest BCUT2D eigenvalue weighted by Crippen LogP contribution is -2.28. The highest BCUT2D eigenvalue weighted by molar-refractivity contribution is 5.97. The van der Waals surface area contributed by atoms with Crippen LogP contribution < -0.4 is 20.1 Å². The molecule has 0 unspecified atom stereocenters. The van der Waals surface area contributed by atoms with Gasteiger partial charge in [-0.1, -0.05) is 0 Å². The first-order chi connectivity index (χ1) is 13.2. The fraction of sp³-hybridized carbons (Fsp3) is 0.250. The van der Waals surface area contributed by atoms with Gasteiger partial charge in [-0.2, -0.15) is 0 Å². The standard InChI is InChI=1S/C20H20N4O3/c1-2-21-20(25)23-15-11-14-5-3-8-22-19(14)24-18(15)13-6-7-16-17(12-13)27-10-4-9-26-16/h3,5-8,11-12H,2,4,9-10H2,1H3,(H2,21,23,25). The average Bonchev–Trinajstić information content (AvgIpc) is 2.92. The van der Waals surface area contributed by atoms with E-state index in [9.17, 15) is 4.79 Å². The molecule has 0 radical (unpaired) electrons. The summed E-state index contributed by atoms with van der Waals surface area (Å²) >= 11 is 0. The van der Waals surface area contributed by atoms with Crippen LogP contribution >= 0.6 is 0 Å². The smallest absolute Gasteiger partial charge is 0.319 e. The Morgan fingerprint density at radius 1 is 1.15 bits per heavy atom. The Kier molecular flexibility index (Phi) is 4.74. The van der Waals surface area contributed by atoms with E-state index in [-0.39, 0.29) is 6.03 Å². The van der Waals surface area contributed by atoms with Crippen LogP contribution in [0.2, 0.25) is 0 Å². The van der Waals surface area contributed by atoms with Crippen molar-refractivity contribution < 1.29 is 14.3 Å². The molecule has 2 aromatic heterocycles. The fourth-order valence-corrected chi connectivity index (χ4v) is 2.96. The van der Waals surface area contributed by atoms with Gasteiger partial charge in [0.1, 0.15) is 0 Å². The molecule has 0 saturated heterocycles. The molecule has 1 aliphatic rings. The zero-order valence-electron chi connectivity index (χ0n) is 15.0. The van der Waals surface area contributed by atoms with Gasteiger partial charge in [0.15, 0.2) is 17.1 Å². The molecule has 2 amide bonds. The molecule has 0 aliphatic carbocycles. The van der Waals surface area contributed by atoms with Gasteiger partial charge in [-0.15, -0.1) is 0 Å². The fourth-order valence-electron chi connectivity index (χ4n) is 2.96. The molecule has 138 valence electrons.